The van der Waals surface area contributed by atoms with Gasteiger partial charge in [-0.15, -0.1) is 0 Å². The molecule has 0 spiro atoms. The van der Waals surface area contributed by atoms with Crippen molar-refractivity contribution in [3.63, 3.8) is 0 Å². The zero-order valence-electron chi connectivity index (χ0n) is 11.5. The number of furan rings is 1. The predicted molar refractivity (Wildman–Crippen MR) is 81.1 cm³/mol. The molecule has 0 aliphatic carbocycles. The van der Waals surface area contributed by atoms with Gasteiger partial charge in [-0.25, -0.2) is 0 Å². The fourth-order valence-corrected chi connectivity index (χ4v) is 1.74. The Hall–Kier alpha value is -3.06. The van der Waals surface area contributed by atoms with E-state index in [1.807, 2.05) is 24.3 Å². The van der Waals surface area contributed by atoms with Gasteiger partial charge in [0.1, 0.15) is 17.4 Å². The third-order valence-corrected chi connectivity index (χ3v) is 2.68. The van der Waals surface area contributed by atoms with Gasteiger partial charge < -0.3 is 9.73 Å². The summed E-state index contributed by atoms with van der Waals surface area (Å²) < 4.78 is 5.19. The lowest BCUT2D eigenvalue weighted by Gasteiger charge is -2.03. The van der Waals surface area contributed by atoms with E-state index in [0.29, 0.717) is 11.4 Å². The number of amides is 1. The van der Waals surface area contributed by atoms with Crippen molar-refractivity contribution >= 4 is 17.7 Å². The molecule has 4 heteroatoms. The maximum Gasteiger partial charge on any atom is 0.266 e. The molecular weight excluding hydrogens is 264 g/mol. The van der Waals surface area contributed by atoms with Gasteiger partial charge in [-0.3, -0.25) is 4.79 Å². The summed E-state index contributed by atoms with van der Waals surface area (Å²) in [6.45, 7) is 1.80. The maximum atomic E-state index is 12.0. The minimum absolute atomic E-state index is 0.0409. The third kappa shape index (κ3) is 4.22. The van der Waals surface area contributed by atoms with Gasteiger partial charge >= 0.3 is 0 Å². The zero-order valence-corrected chi connectivity index (χ0v) is 11.5. The molecule has 4 nitrogen and oxygen atoms in total. The van der Waals surface area contributed by atoms with Gasteiger partial charge in [-0.2, -0.15) is 5.26 Å². The van der Waals surface area contributed by atoms with E-state index in [1.54, 1.807) is 43.5 Å². The fourth-order valence-electron chi connectivity index (χ4n) is 1.74. The van der Waals surface area contributed by atoms with Gasteiger partial charge in [0, 0.05) is 5.69 Å². The number of nitrogens with zero attached hydrogens (tertiary/aromatic N) is 1. The first-order chi connectivity index (χ1) is 10.2. The van der Waals surface area contributed by atoms with Crippen LogP contribution in [0.5, 0.6) is 0 Å². The highest BCUT2D eigenvalue weighted by Gasteiger charge is 2.09. The van der Waals surface area contributed by atoms with E-state index >= 15 is 0 Å². The van der Waals surface area contributed by atoms with E-state index in [0.717, 1.165) is 5.57 Å². The first-order valence-corrected chi connectivity index (χ1v) is 6.39. The summed E-state index contributed by atoms with van der Waals surface area (Å²) in [5, 5.41) is 11.8. The smallest absolute Gasteiger partial charge is 0.266 e. The fraction of sp³-hybridized carbons (Fsp3) is 0.0588. The first kappa shape index (κ1) is 14.4. The molecule has 0 saturated carbocycles. The zero-order chi connectivity index (χ0) is 15.1. The summed E-state index contributed by atoms with van der Waals surface area (Å²) in [6.07, 6.45) is 4.85. The van der Waals surface area contributed by atoms with E-state index in [-0.39, 0.29) is 5.57 Å². The van der Waals surface area contributed by atoms with Gasteiger partial charge in [-0.1, -0.05) is 18.2 Å². The summed E-state index contributed by atoms with van der Waals surface area (Å²) in [4.78, 5) is 12.0. The minimum atomic E-state index is -0.434. The number of anilines is 1. The van der Waals surface area contributed by atoms with Gasteiger partial charge in [0.25, 0.3) is 5.91 Å². The van der Waals surface area contributed by atoms with Crippen LogP contribution in [-0.2, 0) is 4.79 Å². The molecule has 2 rings (SSSR count). The number of hydrogen-bond acceptors (Lipinski definition) is 3. The molecule has 1 aromatic heterocycles. The first-order valence-electron chi connectivity index (χ1n) is 6.39. The second kappa shape index (κ2) is 6.92. The number of carbonyl (C=O) groups is 1. The lowest BCUT2D eigenvalue weighted by molar-refractivity contribution is -0.112. The Labute approximate surface area is 123 Å². The molecule has 1 aromatic carbocycles. The van der Waals surface area contributed by atoms with Crippen LogP contribution in [0.15, 0.2) is 70.4 Å². The van der Waals surface area contributed by atoms with Gasteiger partial charge in [-0.05, 0) is 48.9 Å². The van der Waals surface area contributed by atoms with Crippen LogP contribution in [0, 0.1) is 11.3 Å². The number of benzene rings is 1. The van der Waals surface area contributed by atoms with Crippen molar-refractivity contribution in [2.75, 3.05) is 5.32 Å². The highest BCUT2D eigenvalue weighted by molar-refractivity contribution is 6.06. The average Bonchev–Trinajstić information content (AvgIpc) is 2.98. The molecular formula is C17H14N2O2. The highest BCUT2D eigenvalue weighted by atomic mass is 16.3. The Morgan fingerprint density at radius 1 is 1.24 bits per heavy atom. The maximum absolute atomic E-state index is 12.0. The molecule has 0 radical (unpaired) electrons. The van der Waals surface area contributed by atoms with Crippen LogP contribution in [0.1, 0.15) is 12.7 Å². The summed E-state index contributed by atoms with van der Waals surface area (Å²) in [5.41, 5.74) is 1.44. The topological polar surface area (TPSA) is 66.0 Å². The monoisotopic (exact) mass is 278 g/mol. The number of para-hydroxylation sites is 1. The second-order valence-electron chi connectivity index (χ2n) is 4.39. The van der Waals surface area contributed by atoms with Gasteiger partial charge in [0.05, 0.1) is 6.26 Å². The molecule has 0 fully saturated rings. The third-order valence-electron chi connectivity index (χ3n) is 2.68. The molecule has 1 heterocycles. The van der Waals surface area contributed by atoms with Gasteiger partial charge in [0.2, 0.25) is 0 Å². The highest BCUT2D eigenvalue weighted by Crippen LogP contribution is 2.12. The number of hydrogen-bond donors (Lipinski definition) is 1. The lowest BCUT2D eigenvalue weighted by atomic mass is 10.1. The summed E-state index contributed by atoms with van der Waals surface area (Å²) in [7, 11) is 0. The molecule has 1 N–H and O–H groups in total. The molecule has 0 unspecified atom stereocenters. The van der Waals surface area contributed by atoms with Crippen LogP contribution >= 0.6 is 0 Å². The van der Waals surface area contributed by atoms with Crippen LogP contribution in [0.3, 0.4) is 0 Å². The number of allylic oxidation sites excluding steroid dienone is 2. The molecule has 1 amide bonds. The van der Waals surface area contributed by atoms with Crippen molar-refractivity contribution in [1.82, 2.24) is 0 Å². The molecule has 0 bridgehead atoms. The van der Waals surface area contributed by atoms with Crippen molar-refractivity contribution < 1.29 is 9.21 Å². The summed E-state index contributed by atoms with van der Waals surface area (Å²) in [6, 6.07) is 14.5. The predicted octanol–water partition coefficient (Wildman–Crippen LogP) is 3.77. The van der Waals surface area contributed by atoms with Crippen molar-refractivity contribution in [1.29, 1.82) is 5.26 Å². The Balaban J connectivity index is 2.14. The average molecular weight is 278 g/mol. The van der Waals surface area contributed by atoms with Gasteiger partial charge in [0.15, 0.2) is 0 Å². The van der Waals surface area contributed by atoms with Crippen LogP contribution < -0.4 is 5.32 Å². The number of carbonyl (C=O) groups excluding carboxylic acids is 1. The molecule has 0 aliphatic rings. The quantitative estimate of drug-likeness (QED) is 0.526. The second-order valence-corrected chi connectivity index (χ2v) is 4.39. The SMILES string of the molecule is CC(=Cc1ccco1)C=C(C#N)C(=O)Nc1ccccc1. The van der Waals surface area contributed by atoms with Crippen LogP contribution in [-0.4, -0.2) is 5.91 Å². The van der Waals surface area contributed by atoms with Crippen LogP contribution in [0.2, 0.25) is 0 Å². The standard InChI is InChI=1S/C17H14N2O2/c1-13(11-16-8-5-9-21-16)10-14(12-18)17(20)19-15-6-3-2-4-7-15/h2-11H,1H3,(H,19,20). The van der Waals surface area contributed by atoms with E-state index in [2.05, 4.69) is 5.32 Å². The van der Waals surface area contributed by atoms with Crippen molar-refractivity contribution in [2.45, 2.75) is 6.92 Å². The molecule has 0 saturated heterocycles. The van der Waals surface area contributed by atoms with Crippen LogP contribution in [0.25, 0.3) is 6.08 Å². The molecule has 0 atom stereocenters. The molecule has 21 heavy (non-hydrogen) atoms. The normalized spacial score (nSPS) is 11.8. The summed E-state index contributed by atoms with van der Waals surface area (Å²) >= 11 is 0. The van der Waals surface area contributed by atoms with E-state index in [1.165, 1.54) is 6.08 Å². The summed E-state index contributed by atoms with van der Waals surface area (Å²) in [5.74, 6) is 0.236. The Morgan fingerprint density at radius 3 is 2.62 bits per heavy atom. The Kier molecular flexibility index (Phi) is 4.73. The Morgan fingerprint density at radius 2 is 2.00 bits per heavy atom. The van der Waals surface area contributed by atoms with E-state index < -0.39 is 5.91 Å². The number of rotatable bonds is 4. The number of nitrogens with one attached hydrogen (secondary N) is 1. The van der Waals surface area contributed by atoms with Crippen molar-refractivity contribution in [3.8, 4) is 6.07 Å². The lowest BCUT2D eigenvalue weighted by Crippen LogP contribution is -2.13. The van der Waals surface area contributed by atoms with E-state index in [4.69, 9.17) is 9.68 Å². The van der Waals surface area contributed by atoms with E-state index in [9.17, 15) is 4.79 Å². The minimum Gasteiger partial charge on any atom is -0.465 e. The Bertz CT molecular complexity index is 705. The van der Waals surface area contributed by atoms with Crippen LogP contribution in [0.4, 0.5) is 5.69 Å². The largest absolute Gasteiger partial charge is 0.465 e. The van der Waals surface area contributed by atoms with Crippen molar-refractivity contribution in [2.24, 2.45) is 0 Å². The van der Waals surface area contributed by atoms with Crippen molar-refractivity contribution in [3.05, 3.63) is 71.7 Å². The molecule has 2 aromatic rings. The molecule has 104 valence electrons. The number of nitriles is 1. The molecule has 0 aliphatic heterocycles.